The van der Waals surface area contributed by atoms with Gasteiger partial charge in [-0.2, -0.15) is 0 Å². The molecule has 116 valence electrons. The molecule has 0 bridgehead atoms. The lowest BCUT2D eigenvalue weighted by Crippen LogP contribution is -2.39. The number of nitrogen functional groups attached to an aromatic ring is 1. The Morgan fingerprint density at radius 2 is 2.14 bits per heavy atom. The van der Waals surface area contributed by atoms with E-state index < -0.39 is 21.0 Å². The zero-order valence-electron chi connectivity index (χ0n) is 12.1. The molecule has 1 amide bonds. The summed E-state index contributed by atoms with van der Waals surface area (Å²) < 4.78 is 30.4. The summed E-state index contributed by atoms with van der Waals surface area (Å²) >= 11 is 0. The van der Waals surface area contributed by atoms with Crippen LogP contribution in [-0.2, 0) is 14.6 Å². The minimum Gasteiger partial charge on any atom is -0.494 e. The van der Waals surface area contributed by atoms with Crippen molar-refractivity contribution in [3.63, 3.8) is 0 Å². The Hall–Kier alpha value is -1.76. The highest BCUT2D eigenvalue weighted by Crippen LogP contribution is 2.28. The molecule has 0 saturated heterocycles. The van der Waals surface area contributed by atoms with Crippen LogP contribution < -0.4 is 15.8 Å². The lowest BCUT2D eigenvalue weighted by atomic mass is 10.3. The summed E-state index contributed by atoms with van der Waals surface area (Å²) in [6.45, 7) is 3.59. The molecule has 7 heteroatoms. The number of nitrogens with two attached hydrogens (primary N) is 1. The van der Waals surface area contributed by atoms with E-state index in [-0.39, 0.29) is 16.6 Å². The topological polar surface area (TPSA) is 98.5 Å². The van der Waals surface area contributed by atoms with Gasteiger partial charge < -0.3 is 15.8 Å². The zero-order valence-corrected chi connectivity index (χ0v) is 12.9. The van der Waals surface area contributed by atoms with E-state index in [4.69, 9.17) is 10.5 Å². The van der Waals surface area contributed by atoms with E-state index in [1.807, 2.05) is 0 Å². The molecule has 0 spiro atoms. The number of hydrogen-bond acceptors (Lipinski definition) is 5. The third-order valence-electron chi connectivity index (χ3n) is 3.36. The fourth-order valence-corrected chi connectivity index (χ4v) is 3.30. The first-order chi connectivity index (χ1) is 9.86. The fourth-order valence-electron chi connectivity index (χ4n) is 1.90. The summed E-state index contributed by atoms with van der Waals surface area (Å²) in [4.78, 5) is 11.9. The number of sulfone groups is 1. The predicted octanol–water partition coefficient (Wildman–Crippen LogP) is 1.11. The maximum absolute atomic E-state index is 12.6. The number of carbonyl (C=O) groups is 1. The molecule has 1 fully saturated rings. The maximum Gasteiger partial charge on any atom is 0.238 e. The van der Waals surface area contributed by atoms with Gasteiger partial charge in [-0.3, -0.25) is 4.79 Å². The lowest BCUT2D eigenvalue weighted by molar-refractivity contribution is -0.120. The van der Waals surface area contributed by atoms with Crippen molar-refractivity contribution in [3.8, 4) is 5.75 Å². The third kappa shape index (κ3) is 3.47. The zero-order chi connectivity index (χ0) is 15.6. The number of benzene rings is 1. The molecule has 1 aromatic carbocycles. The second kappa shape index (κ2) is 5.93. The molecule has 0 aromatic heterocycles. The first kappa shape index (κ1) is 15.6. The van der Waals surface area contributed by atoms with Gasteiger partial charge in [0.25, 0.3) is 0 Å². The van der Waals surface area contributed by atoms with Crippen molar-refractivity contribution in [1.29, 1.82) is 0 Å². The largest absolute Gasteiger partial charge is 0.494 e. The normalized spacial score (nSPS) is 16.3. The lowest BCUT2D eigenvalue weighted by Gasteiger charge is -2.15. The average molecular weight is 312 g/mol. The number of carbonyl (C=O) groups excluding carboxylic acids is 1. The van der Waals surface area contributed by atoms with Gasteiger partial charge in [-0.1, -0.05) is 0 Å². The Labute approximate surface area is 124 Å². The second-order valence-corrected chi connectivity index (χ2v) is 7.34. The Balaban J connectivity index is 2.28. The molecule has 1 saturated carbocycles. The highest BCUT2D eigenvalue weighted by atomic mass is 32.2. The standard InChI is InChI=1S/C14H20N2O4S/c1-3-20-11-6-7-12(15)13(8-11)21(18,19)9(2)14(17)16-10-4-5-10/h6-10H,3-5,15H2,1-2H3,(H,16,17). The highest BCUT2D eigenvalue weighted by Gasteiger charge is 2.34. The molecule has 1 aliphatic rings. The summed E-state index contributed by atoms with van der Waals surface area (Å²) in [6.07, 6.45) is 1.81. The number of ether oxygens (including phenoxy) is 1. The SMILES string of the molecule is CCOc1ccc(N)c(S(=O)(=O)C(C)C(=O)NC2CC2)c1. The van der Waals surface area contributed by atoms with Crippen LogP contribution in [-0.4, -0.2) is 32.2 Å². The molecule has 3 N–H and O–H groups in total. The van der Waals surface area contributed by atoms with Crippen LogP contribution in [0.15, 0.2) is 23.1 Å². The van der Waals surface area contributed by atoms with Crippen molar-refractivity contribution in [2.45, 2.75) is 42.9 Å². The molecule has 0 aliphatic heterocycles. The number of nitrogens with one attached hydrogen (secondary N) is 1. The quantitative estimate of drug-likeness (QED) is 0.767. The van der Waals surface area contributed by atoms with Gasteiger partial charge in [0.05, 0.1) is 17.2 Å². The molecule has 1 aromatic rings. The van der Waals surface area contributed by atoms with E-state index in [1.165, 1.54) is 19.1 Å². The number of hydrogen-bond donors (Lipinski definition) is 2. The van der Waals surface area contributed by atoms with Crippen molar-refractivity contribution in [3.05, 3.63) is 18.2 Å². The van der Waals surface area contributed by atoms with Crippen LogP contribution in [0.1, 0.15) is 26.7 Å². The van der Waals surface area contributed by atoms with Crippen molar-refractivity contribution in [1.82, 2.24) is 5.32 Å². The molecule has 2 rings (SSSR count). The van der Waals surface area contributed by atoms with Gasteiger partial charge in [-0.15, -0.1) is 0 Å². The van der Waals surface area contributed by atoms with E-state index in [2.05, 4.69) is 5.32 Å². The van der Waals surface area contributed by atoms with Crippen molar-refractivity contribution >= 4 is 21.4 Å². The van der Waals surface area contributed by atoms with Crippen molar-refractivity contribution in [2.75, 3.05) is 12.3 Å². The predicted molar refractivity (Wildman–Crippen MR) is 79.8 cm³/mol. The number of anilines is 1. The van der Waals surface area contributed by atoms with Crippen LogP contribution in [0.2, 0.25) is 0 Å². The Morgan fingerprint density at radius 3 is 2.71 bits per heavy atom. The fraction of sp³-hybridized carbons (Fsp3) is 0.500. The van der Waals surface area contributed by atoms with Crippen LogP contribution >= 0.6 is 0 Å². The first-order valence-electron chi connectivity index (χ1n) is 6.93. The summed E-state index contributed by atoms with van der Waals surface area (Å²) in [5, 5.41) is 1.52. The van der Waals surface area contributed by atoms with Gasteiger partial charge in [0.2, 0.25) is 5.91 Å². The Kier molecular flexibility index (Phi) is 4.41. The molecule has 1 atom stereocenters. The van der Waals surface area contributed by atoms with Crippen LogP contribution in [0.3, 0.4) is 0 Å². The molecule has 6 nitrogen and oxygen atoms in total. The van der Waals surface area contributed by atoms with Gasteiger partial charge in [-0.05, 0) is 38.8 Å². The van der Waals surface area contributed by atoms with Gasteiger partial charge in [0.1, 0.15) is 11.0 Å². The molecule has 1 unspecified atom stereocenters. The van der Waals surface area contributed by atoms with Crippen molar-refractivity contribution < 1.29 is 17.9 Å². The van der Waals surface area contributed by atoms with Crippen LogP contribution in [0.5, 0.6) is 5.75 Å². The van der Waals surface area contributed by atoms with Crippen LogP contribution in [0, 0.1) is 0 Å². The summed E-state index contributed by atoms with van der Waals surface area (Å²) in [5.74, 6) is -0.0706. The Morgan fingerprint density at radius 1 is 1.48 bits per heavy atom. The van der Waals surface area contributed by atoms with E-state index in [9.17, 15) is 13.2 Å². The summed E-state index contributed by atoms with van der Waals surface area (Å²) in [7, 11) is -3.84. The molecular weight excluding hydrogens is 292 g/mol. The van der Waals surface area contributed by atoms with Gasteiger partial charge in [0, 0.05) is 12.1 Å². The first-order valence-corrected chi connectivity index (χ1v) is 8.47. The summed E-state index contributed by atoms with van der Waals surface area (Å²) in [5.41, 5.74) is 5.87. The highest BCUT2D eigenvalue weighted by molar-refractivity contribution is 7.93. The minimum atomic E-state index is -3.84. The van der Waals surface area contributed by atoms with Gasteiger partial charge >= 0.3 is 0 Å². The monoisotopic (exact) mass is 312 g/mol. The average Bonchev–Trinajstić information content (AvgIpc) is 3.24. The molecular formula is C14H20N2O4S. The smallest absolute Gasteiger partial charge is 0.238 e. The van der Waals surface area contributed by atoms with Crippen LogP contribution in [0.4, 0.5) is 5.69 Å². The van der Waals surface area contributed by atoms with E-state index in [1.54, 1.807) is 13.0 Å². The molecule has 0 radical (unpaired) electrons. The third-order valence-corrected chi connectivity index (χ3v) is 5.47. The molecule has 0 heterocycles. The van der Waals surface area contributed by atoms with Gasteiger partial charge in [-0.25, -0.2) is 8.42 Å². The van der Waals surface area contributed by atoms with Crippen molar-refractivity contribution in [2.24, 2.45) is 0 Å². The minimum absolute atomic E-state index is 0.0631. The van der Waals surface area contributed by atoms with E-state index >= 15 is 0 Å². The number of amides is 1. The molecule has 21 heavy (non-hydrogen) atoms. The van der Waals surface area contributed by atoms with E-state index in [0.717, 1.165) is 12.8 Å². The Bertz CT molecular complexity index is 638. The maximum atomic E-state index is 12.6. The van der Waals surface area contributed by atoms with Crippen LogP contribution in [0.25, 0.3) is 0 Å². The molecule has 1 aliphatic carbocycles. The van der Waals surface area contributed by atoms with E-state index in [0.29, 0.717) is 12.4 Å². The summed E-state index contributed by atoms with van der Waals surface area (Å²) in [6, 6.07) is 4.56. The second-order valence-electron chi connectivity index (χ2n) is 5.10. The number of rotatable bonds is 6. The van der Waals surface area contributed by atoms with Gasteiger partial charge in [0.15, 0.2) is 9.84 Å².